The molecular weight excluding hydrogens is 252 g/mol. The molecule has 2 aromatic rings. The zero-order valence-corrected chi connectivity index (χ0v) is 12.1. The van der Waals surface area contributed by atoms with Crippen LogP contribution in [-0.2, 0) is 6.54 Å². The lowest BCUT2D eigenvalue weighted by atomic mass is 9.80. The van der Waals surface area contributed by atoms with Crippen molar-refractivity contribution < 1.29 is 0 Å². The zero-order valence-electron chi connectivity index (χ0n) is 11.3. The lowest BCUT2D eigenvalue weighted by Gasteiger charge is -2.31. The monoisotopic (exact) mass is 272 g/mol. The third-order valence-corrected chi connectivity index (χ3v) is 4.90. The summed E-state index contributed by atoms with van der Waals surface area (Å²) in [6.45, 7) is 3.20. The van der Waals surface area contributed by atoms with E-state index in [-0.39, 0.29) is 0 Å². The minimum absolute atomic E-state index is 0.623. The van der Waals surface area contributed by atoms with Crippen molar-refractivity contribution in [3.8, 4) is 11.3 Å². The van der Waals surface area contributed by atoms with E-state index in [1.165, 1.54) is 29.8 Å². The summed E-state index contributed by atoms with van der Waals surface area (Å²) in [5, 5.41) is 6.95. The van der Waals surface area contributed by atoms with Crippen molar-refractivity contribution in [1.29, 1.82) is 0 Å². The fourth-order valence-corrected chi connectivity index (χ4v) is 3.24. The molecule has 3 rings (SSSR count). The molecule has 0 aliphatic heterocycles. The largest absolute Gasteiger partial charge is 0.308 e. The summed E-state index contributed by atoms with van der Waals surface area (Å²) in [6.07, 6.45) is 4.19. The van der Waals surface area contributed by atoms with Crippen LogP contribution in [0.5, 0.6) is 0 Å². The standard InChI is InChI=1S/C16H20N2S/c1-12(13-8-5-9-13)17-10-16-18-15(11-19-16)14-6-3-2-4-7-14/h2-4,6-7,11-13,17H,5,8-10H2,1H3. The van der Waals surface area contributed by atoms with Gasteiger partial charge in [-0.1, -0.05) is 36.8 Å². The summed E-state index contributed by atoms with van der Waals surface area (Å²) in [7, 11) is 0. The molecule has 1 unspecified atom stereocenters. The molecule has 0 bridgehead atoms. The Hall–Kier alpha value is -1.19. The van der Waals surface area contributed by atoms with E-state index in [1.54, 1.807) is 11.3 Å². The Morgan fingerprint density at radius 1 is 1.32 bits per heavy atom. The summed E-state index contributed by atoms with van der Waals surface area (Å²) in [6, 6.07) is 11.0. The number of thiazole rings is 1. The van der Waals surface area contributed by atoms with Gasteiger partial charge in [-0.05, 0) is 25.7 Å². The number of benzene rings is 1. The van der Waals surface area contributed by atoms with Crippen molar-refractivity contribution in [2.24, 2.45) is 5.92 Å². The minimum atomic E-state index is 0.623. The zero-order chi connectivity index (χ0) is 13.1. The van der Waals surface area contributed by atoms with Gasteiger partial charge in [-0.2, -0.15) is 0 Å². The quantitative estimate of drug-likeness (QED) is 0.887. The van der Waals surface area contributed by atoms with E-state index in [0.717, 1.165) is 18.2 Å². The maximum absolute atomic E-state index is 4.71. The van der Waals surface area contributed by atoms with Gasteiger partial charge in [-0.25, -0.2) is 4.98 Å². The number of nitrogens with zero attached hydrogens (tertiary/aromatic N) is 1. The van der Waals surface area contributed by atoms with Crippen molar-refractivity contribution in [1.82, 2.24) is 10.3 Å². The van der Waals surface area contributed by atoms with Crippen LogP contribution in [0, 0.1) is 5.92 Å². The van der Waals surface area contributed by atoms with Gasteiger partial charge in [0, 0.05) is 23.5 Å². The molecule has 1 fully saturated rings. The van der Waals surface area contributed by atoms with E-state index in [9.17, 15) is 0 Å². The van der Waals surface area contributed by atoms with Gasteiger partial charge in [-0.15, -0.1) is 11.3 Å². The highest BCUT2D eigenvalue weighted by molar-refractivity contribution is 7.09. The molecular formula is C16H20N2S. The van der Waals surface area contributed by atoms with Crippen molar-refractivity contribution in [2.75, 3.05) is 0 Å². The van der Waals surface area contributed by atoms with E-state index >= 15 is 0 Å². The Morgan fingerprint density at radius 3 is 2.79 bits per heavy atom. The van der Waals surface area contributed by atoms with Crippen LogP contribution in [0.3, 0.4) is 0 Å². The molecule has 0 amide bonds. The molecule has 1 aliphatic rings. The molecule has 2 nitrogen and oxygen atoms in total. The maximum Gasteiger partial charge on any atom is 0.107 e. The molecule has 19 heavy (non-hydrogen) atoms. The fourth-order valence-electron chi connectivity index (χ4n) is 2.49. The molecule has 1 atom stereocenters. The van der Waals surface area contributed by atoms with Crippen LogP contribution in [0.15, 0.2) is 35.7 Å². The molecule has 1 aliphatic carbocycles. The Morgan fingerprint density at radius 2 is 2.11 bits per heavy atom. The second kappa shape index (κ2) is 5.85. The molecule has 1 aromatic carbocycles. The van der Waals surface area contributed by atoms with Gasteiger partial charge in [0.1, 0.15) is 5.01 Å². The highest BCUT2D eigenvalue weighted by Crippen LogP contribution is 2.29. The SMILES string of the molecule is CC(NCc1nc(-c2ccccc2)cs1)C1CCC1. The van der Waals surface area contributed by atoms with Crippen LogP contribution in [0.25, 0.3) is 11.3 Å². The topological polar surface area (TPSA) is 24.9 Å². The van der Waals surface area contributed by atoms with Crippen molar-refractivity contribution in [3.05, 3.63) is 40.7 Å². The van der Waals surface area contributed by atoms with E-state index < -0.39 is 0 Å². The van der Waals surface area contributed by atoms with Gasteiger partial charge in [0.25, 0.3) is 0 Å². The first-order chi connectivity index (χ1) is 9.33. The first kappa shape index (κ1) is 12.8. The van der Waals surface area contributed by atoms with Crippen LogP contribution in [0.1, 0.15) is 31.2 Å². The minimum Gasteiger partial charge on any atom is -0.308 e. The maximum atomic E-state index is 4.71. The van der Waals surface area contributed by atoms with Crippen LogP contribution in [0.4, 0.5) is 0 Å². The van der Waals surface area contributed by atoms with Crippen LogP contribution in [0.2, 0.25) is 0 Å². The van der Waals surface area contributed by atoms with Crippen molar-refractivity contribution in [3.63, 3.8) is 0 Å². The van der Waals surface area contributed by atoms with Gasteiger partial charge in [0.2, 0.25) is 0 Å². The lowest BCUT2D eigenvalue weighted by molar-refractivity contribution is 0.240. The summed E-state index contributed by atoms with van der Waals surface area (Å²) in [5.41, 5.74) is 2.30. The predicted molar refractivity (Wildman–Crippen MR) is 81.2 cm³/mol. The first-order valence-corrected chi connectivity index (χ1v) is 7.94. The molecule has 0 spiro atoms. The molecule has 100 valence electrons. The number of hydrogen-bond donors (Lipinski definition) is 1. The lowest BCUT2D eigenvalue weighted by Crippen LogP contribution is -2.36. The predicted octanol–water partition coefficient (Wildman–Crippen LogP) is 4.09. The summed E-state index contributed by atoms with van der Waals surface area (Å²) < 4.78 is 0. The summed E-state index contributed by atoms with van der Waals surface area (Å²) in [5.74, 6) is 0.883. The Balaban J connectivity index is 1.59. The van der Waals surface area contributed by atoms with Gasteiger partial charge >= 0.3 is 0 Å². The Bertz CT molecular complexity index is 517. The van der Waals surface area contributed by atoms with E-state index in [1.807, 2.05) is 6.07 Å². The molecule has 1 heterocycles. The molecule has 1 N–H and O–H groups in total. The van der Waals surface area contributed by atoms with Crippen LogP contribution in [-0.4, -0.2) is 11.0 Å². The van der Waals surface area contributed by atoms with Crippen molar-refractivity contribution >= 4 is 11.3 Å². The van der Waals surface area contributed by atoms with E-state index in [4.69, 9.17) is 4.98 Å². The molecule has 3 heteroatoms. The number of nitrogens with one attached hydrogen (secondary N) is 1. The van der Waals surface area contributed by atoms with Gasteiger partial charge in [-0.3, -0.25) is 0 Å². The van der Waals surface area contributed by atoms with Gasteiger partial charge in [0.05, 0.1) is 5.69 Å². The molecule has 0 radical (unpaired) electrons. The highest BCUT2D eigenvalue weighted by Gasteiger charge is 2.23. The smallest absolute Gasteiger partial charge is 0.107 e. The molecule has 1 saturated carbocycles. The van der Waals surface area contributed by atoms with Crippen LogP contribution >= 0.6 is 11.3 Å². The molecule has 1 aromatic heterocycles. The highest BCUT2D eigenvalue weighted by atomic mass is 32.1. The third kappa shape index (κ3) is 3.04. The number of hydrogen-bond acceptors (Lipinski definition) is 3. The summed E-state index contributed by atoms with van der Waals surface area (Å²) >= 11 is 1.75. The normalized spacial score (nSPS) is 17.1. The van der Waals surface area contributed by atoms with E-state index in [2.05, 4.69) is 41.9 Å². The third-order valence-electron chi connectivity index (χ3n) is 4.05. The number of rotatable bonds is 5. The van der Waals surface area contributed by atoms with Gasteiger partial charge < -0.3 is 5.32 Å². The average molecular weight is 272 g/mol. The average Bonchev–Trinajstić information content (AvgIpc) is 2.84. The van der Waals surface area contributed by atoms with Crippen molar-refractivity contribution in [2.45, 2.75) is 38.8 Å². The second-order valence-corrected chi connectivity index (χ2v) is 6.30. The molecule has 0 saturated heterocycles. The fraction of sp³-hybridized carbons (Fsp3) is 0.438. The van der Waals surface area contributed by atoms with Crippen LogP contribution < -0.4 is 5.32 Å². The van der Waals surface area contributed by atoms with E-state index in [0.29, 0.717) is 6.04 Å². The Kier molecular flexibility index (Phi) is 3.95. The summed E-state index contributed by atoms with van der Waals surface area (Å²) in [4.78, 5) is 4.71. The van der Waals surface area contributed by atoms with Gasteiger partial charge in [0.15, 0.2) is 0 Å². The Labute approximate surface area is 118 Å². The number of aromatic nitrogens is 1. The second-order valence-electron chi connectivity index (χ2n) is 5.35. The first-order valence-electron chi connectivity index (χ1n) is 7.06.